The molecule has 1 aliphatic rings. The Morgan fingerprint density at radius 2 is 1.79 bits per heavy atom. The first-order valence-corrected chi connectivity index (χ1v) is 10.1. The first kappa shape index (κ1) is 20.2. The van der Waals surface area contributed by atoms with Gasteiger partial charge >= 0.3 is 5.97 Å². The van der Waals surface area contributed by atoms with E-state index in [9.17, 15) is 14.4 Å². The molecule has 0 N–H and O–H groups in total. The molecule has 2 aromatic rings. The largest absolute Gasteiger partial charge is 0.447 e. The van der Waals surface area contributed by atoms with E-state index in [-0.39, 0.29) is 24.5 Å². The molecule has 1 saturated heterocycles. The Kier molecular flexibility index (Phi) is 6.95. The van der Waals surface area contributed by atoms with Crippen LogP contribution in [0.3, 0.4) is 0 Å². The second-order valence-electron chi connectivity index (χ2n) is 6.55. The molecule has 0 bridgehead atoms. The second kappa shape index (κ2) is 9.61. The van der Waals surface area contributed by atoms with Crippen LogP contribution >= 0.6 is 11.3 Å². The third-order valence-corrected chi connectivity index (χ3v) is 5.51. The van der Waals surface area contributed by atoms with Gasteiger partial charge in [-0.1, -0.05) is 30.3 Å². The average molecular weight is 401 g/mol. The minimum absolute atomic E-state index is 0.0600. The zero-order chi connectivity index (χ0) is 19.9. The second-order valence-corrected chi connectivity index (χ2v) is 7.84. The number of Topliss-reactive ketones (excluding diaryl/α,β-unsaturated/α-hetero) is 1. The number of rotatable bonds is 7. The van der Waals surface area contributed by atoms with Crippen molar-refractivity contribution in [3.63, 3.8) is 0 Å². The van der Waals surface area contributed by atoms with Crippen molar-refractivity contribution in [1.82, 2.24) is 4.90 Å². The Labute approximate surface area is 168 Å². The van der Waals surface area contributed by atoms with Crippen molar-refractivity contribution in [2.75, 3.05) is 26.3 Å². The highest BCUT2D eigenvalue weighted by atomic mass is 32.1. The molecule has 0 spiro atoms. The smallest absolute Gasteiger partial charge is 0.307 e. The van der Waals surface area contributed by atoms with Gasteiger partial charge in [0.15, 0.2) is 5.78 Å². The zero-order valence-corrected chi connectivity index (χ0v) is 16.6. The Hall–Kier alpha value is -2.51. The molecule has 6 nitrogen and oxygen atoms in total. The number of benzene rings is 1. The third kappa shape index (κ3) is 5.27. The van der Waals surface area contributed by atoms with E-state index >= 15 is 0 Å². The minimum atomic E-state index is -1.01. The van der Waals surface area contributed by atoms with E-state index < -0.39 is 12.1 Å². The Morgan fingerprint density at radius 3 is 2.43 bits per heavy atom. The summed E-state index contributed by atoms with van der Waals surface area (Å²) >= 11 is 1.41. The fourth-order valence-electron chi connectivity index (χ4n) is 2.95. The summed E-state index contributed by atoms with van der Waals surface area (Å²) in [6.45, 7) is 3.80. The van der Waals surface area contributed by atoms with Crippen molar-refractivity contribution in [3.8, 4) is 0 Å². The first-order chi connectivity index (χ1) is 13.5. The number of aryl methyl sites for hydroxylation is 1. The number of esters is 1. The minimum Gasteiger partial charge on any atom is -0.447 e. The van der Waals surface area contributed by atoms with Gasteiger partial charge in [-0.15, -0.1) is 11.3 Å². The quantitative estimate of drug-likeness (QED) is 0.526. The lowest BCUT2D eigenvalue weighted by Gasteiger charge is -2.30. The fraction of sp³-hybridized carbons (Fsp3) is 0.381. The standard InChI is InChI=1S/C21H23NO5S/c1-15-7-9-18(28-15)17(23)8-10-19(24)27-20(16-5-3-2-4-6-16)21(25)22-11-13-26-14-12-22/h2-7,9,20H,8,10-14H2,1H3/t20-/m0/s1. The molecule has 1 aliphatic heterocycles. The molecule has 1 aromatic heterocycles. The Balaban J connectivity index is 1.64. The van der Waals surface area contributed by atoms with E-state index in [1.165, 1.54) is 11.3 Å². The summed E-state index contributed by atoms with van der Waals surface area (Å²) in [6, 6.07) is 12.6. The fourth-order valence-corrected chi connectivity index (χ4v) is 3.79. The summed E-state index contributed by atoms with van der Waals surface area (Å²) in [7, 11) is 0. The molecule has 148 valence electrons. The predicted octanol–water partition coefficient (Wildman–Crippen LogP) is 3.16. The monoisotopic (exact) mass is 401 g/mol. The van der Waals surface area contributed by atoms with Gasteiger partial charge < -0.3 is 14.4 Å². The van der Waals surface area contributed by atoms with Crippen molar-refractivity contribution in [2.45, 2.75) is 25.9 Å². The van der Waals surface area contributed by atoms with E-state index in [1.54, 1.807) is 35.2 Å². The van der Waals surface area contributed by atoms with Crippen LogP contribution in [0, 0.1) is 6.92 Å². The SMILES string of the molecule is Cc1ccc(C(=O)CCC(=O)O[C@H](C(=O)N2CCOCC2)c2ccccc2)s1. The van der Waals surface area contributed by atoms with Crippen molar-refractivity contribution in [2.24, 2.45) is 0 Å². The Bertz CT molecular complexity index is 826. The van der Waals surface area contributed by atoms with E-state index in [4.69, 9.17) is 9.47 Å². The normalized spacial score (nSPS) is 15.1. The topological polar surface area (TPSA) is 72.9 Å². The van der Waals surface area contributed by atoms with Crippen LogP contribution in [0.5, 0.6) is 0 Å². The number of hydrogen-bond acceptors (Lipinski definition) is 6. The van der Waals surface area contributed by atoms with Crippen molar-refractivity contribution < 1.29 is 23.9 Å². The maximum Gasteiger partial charge on any atom is 0.307 e. The van der Waals surface area contributed by atoms with Crippen molar-refractivity contribution >= 4 is 29.0 Å². The molecule has 0 radical (unpaired) electrons. The van der Waals surface area contributed by atoms with Gasteiger partial charge in [-0.05, 0) is 19.1 Å². The molecule has 1 amide bonds. The molecule has 2 heterocycles. The number of hydrogen-bond donors (Lipinski definition) is 0. The summed E-state index contributed by atoms with van der Waals surface area (Å²) in [6.07, 6.45) is -1.01. The summed E-state index contributed by atoms with van der Waals surface area (Å²) in [5.41, 5.74) is 0.618. The van der Waals surface area contributed by atoms with Crippen LogP contribution in [0.1, 0.15) is 39.1 Å². The highest BCUT2D eigenvalue weighted by Crippen LogP contribution is 2.23. The molecule has 28 heavy (non-hydrogen) atoms. The summed E-state index contributed by atoms with van der Waals surface area (Å²) in [5, 5.41) is 0. The molecule has 1 atom stereocenters. The van der Waals surface area contributed by atoms with Crippen LogP contribution in [0.15, 0.2) is 42.5 Å². The molecular formula is C21H23NO5S. The van der Waals surface area contributed by atoms with Crippen molar-refractivity contribution in [3.05, 3.63) is 57.8 Å². The first-order valence-electron chi connectivity index (χ1n) is 9.25. The molecule has 0 unspecified atom stereocenters. The molecule has 0 saturated carbocycles. The van der Waals surface area contributed by atoms with E-state index in [0.717, 1.165) is 4.88 Å². The molecule has 3 rings (SSSR count). The molecule has 7 heteroatoms. The van der Waals surface area contributed by atoms with E-state index in [0.29, 0.717) is 36.7 Å². The third-order valence-electron chi connectivity index (χ3n) is 4.47. The number of nitrogens with zero attached hydrogens (tertiary/aromatic N) is 1. The van der Waals surface area contributed by atoms with Gasteiger partial charge in [-0.25, -0.2) is 0 Å². The predicted molar refractivity (Wildman–Crippen MR) is 105 cm³/mol. The van der Waals surface area contributed by atoms with E-state index in [2.05, 4.69) is 0 Å². The van der Waals surface area contributed by atoms with Gasteiger partial charge in [0.1, 0.15) is 0 Å². The van der Waals surface area contributed by atoms with Gasteiger partial charge in [0.2, 0.25) is 6.10 Å². The number of amides is 1. The maximum atomic E-state index is 12.9. The van der Waals surface area contributed by atoms with Gasteiger partial charge in [-0.3, -0.25) is 14.4 Å². The molecule has 1 fully saturated rings. The van der Waals surface area contributed by atoms with Gasteiger partial charge in [0.25, 0.3) is 5.91 Å². The number of carbonyl (C=O) groups is 3. The molecule has 1 aromatic carbocycles. The van der Waals surface area contributed by atoms with Gasteiger partial charge in [0.05, 0.1) is 24.5 Å². The van der Waals surface area contributed by atoms with Crippen LogP contribution in [0.2, 0.25) is 0 Å². The van der Waals surface area contributed by atoms with Crippen LogP contribution in [0.4, 0.5) is 0 Å². The number of carbonyl (C=O) groups excluding carboxylic acids is 3. The summed E-state index contributed by atoms with van der Waals surface area (Å²) in [5.74, 6) is -0.911. The van der Waals surface area contributed by atoms with Crippen molar-refractivity contribution in [1.29, 1.82) is 0 Å². The highest BCUT2D eigenvalue weighted by Gasteiger charge is 2.30. The number of thiophene rings is 1. The number of morpholine rings is 1. The van der Waals surface area contributed by atoms with Gasteiger partial charge in [0, 0.05) is 30.0 Å². The number of ether oxygens (including phenoxy) is 2. The number of ketones is 1. The van der Waals surface area contributed by atoms with Gasteiger partial charge in [-0.2, -0.15) is 0 Å². The lowest BCUT2D eigenvalue weighted by atomic mass is 10.1. The summed E-state index contributed by atoms with van der Waals surface area (Å²) < 4.78 is 10.8. The molecule has 0 aliphatic carbocycles. The lowest BCUT2D eigenvalue weighted by molar-refractivity contribution is -0.162. The zero-order valence-electron chi connectivity index (χ0n) is 15.8. The van der Waals surface area contributed by atoms with E-state index in [1.807, 2.05) is 19.1 Å². The average Bonchev–Trinajstić information content (AvgIpc) is 3.17. The lowest BCUT2D eigenvalue weighted by Crippen LogP contribution is -2.44. The molecular weight excluding hydrogens is 378 g/mol. The maximum absolute atomic E-state index is 12.9. The highest BCUT2D eigenvalue weighted by molar-refractivity contribution is 7.14. The summed E-state index contributed by atoms with van der Waals surface area (Å²) in [4.78, 5) is 40.9. The van der Waals surface area contributed by atoms with Crippen LogP contribution in [-0.4, -0.2) is 48.9 Å². The van der Waals surface area contributed by atoms with Crippen LogP contribution in [-0.2, 0) is 19.1 Å². The van der Waals surface area contributed by atoms with Crippen LogP contribution < -0.4 is 0 Å². The Morgan fingerprint density at radius 1 is 1.07 bits per heavy atom. The van der Waals surface area contributed by atoms with Crippen LogP contribution in [0.25, 0.3) is 0 Å².